The summed E-state index contributed by atoms with van der Waals surface area (Å²) in [5.74, 6) is 0.213. The van der Waals surface area contributed by atoms with E-state index in [0.29, 0.717) is 35.7 Å². The van der Waals surface area contributed by atoms with Gasteiger partial charge in [0.05, 0.1) is 23.3 Å². The number of nitrogens with zero attached hydrogens (tertiary/aromatic N) is 1. The van der Waals surface area contributed by atoms with Gasteiger partial charge in [-0.3, -0.25) is 9.10 Å². The van der Waals surface area contributed by atoms with Crippen molar-refractivity contribution in [2.45, 2.75) is 17.7 Å². The summed E-state index contributed by atoms with van der Waals surface area (Å²) in [4.78, 5) is 12.9. The normalized spacial score (nSPS) is 13.4. The maximum absolute atomic E-state index is 13.1. The molecule has 30 heavy (non-hydrogen) atoms. The Kier molecular flexibility index (Phi) is 5.46. The largest absolute Gasteiger partial charge is 0.496 e. The zero-order valence-electron chi connectivity index (χ0n) is 16.5. The highest BCUT2D eigenvalue weighted by Crippen LogP contribution is 2.34. The number of methoxy groups -OCH3 is 1. The predicted molar refractivity (Wildman–Crippen MR) is 117 cm³/mol. The number of sulfonamides is 1. The van der Waals surface area contributed by atoms with E-state index in [1.54, 1.807) is 66.7 Å². The van der Waals surface area contributed by atoms with Crippen LogP contribution in [0.15, 0.2) is 77.7 Å². The number of nitrogens with one attached hydrogen (secondary N) is 1. The number of carbonyl (C=O) groups is 1. The molecular weight excluding hydrogens is 400 g/mol. The van der Waals surface area contributed by atoms with Gasteiger partial charge in [0.15, 0.2) is 0 Å². The molecule has 1 heterocycles. The first-order chi connectivity index (χ1) is 14.5. The molecule has 7 heteroatoms. The van der Waals surface area contributed by atoms with Gasteiger partial charge in [-0.05, 0) is 60.9 Å². The van der Waals surface area contributed by atoms with Gasteiger partial charge in [0.25, 0.3) is 15.9 Å². The maximum Gasteiger partial charge on any atom is 0.264 e. The summed E-state index contributed by atoms with van der Waals surface area (Å²) in [6, 6.07) is 20.8. The van der Waals surface area contributed by atoms with Crippen molar-refractivity contribution in [3.05, 3.63) is 83.9 Å². The molecule has 0 bridgehead atoms. The van der Waals surface area contributed by atoms with Gasteiger partial charge in [0, 0.05) is 12.2 Å². The van der Waals surface area contributed by atoms with Crippen molar-refractivity contribution in [3.63, 3.8) is 0 Å². The molecule has 1 aliphatic heterocycles. The minimum absolute atomic E-state index is 0.270. The van der Waals surface area contributed by atoms with Crippen LogP contribution in [0.25, 0.3) is 0 Å². The molecule has 4 rings (SSSR count). The minimum Gasteiger partial charge on any atom is -0.496 e. The third-order valence-electron chi connectivity index (χ3n) is 5.10. The van der Waals surface area contributed by atoms with Crippen molar-refractivity contribution >= 4 is 27.3 Å². The lowest BCUT2D eigenvalue weighted by Gasteiger charge is -2.31. The van der Waals surface area contributed by atoms with Crippen molar-refractivity contribution in [1.29, 1.82) is 0 Å². The van der Waals surface area contributed by atoms with E-state index < -0.39 is 10.0 Å². The van der Waals surface area contributed by atoms with Crippen LogP contribution in [0.1, 0.15) is 22.3 Å². The van der Waals surface area contributed by atoms with E-state index in [9.17, 15) is 13.2 Å². The number of hydrogen-bond donors (Lipinski definition) is 1. The van der Waals surface area contributed by atoms with Gasteiger partial charge in [-0.15, -0.1) is 0 Å². The highest BCUT2D eigenvalue weighted by Gasteiger charge is 2.29. The van der Waals surface area contributed by atoms with E-state index in [1.165, 1.54) is 11.4 Å². The second-order valence-electron chi connectivity index (χ2n) is 6.99. The van der Waals surface area contributed by atoms with E-state index in [2.05, 4.69) is 5.32 Å². The molecule has 0 saturated carbocycles. The number of carbonyl (C=O) groups excluding carboxylic acids is 1. The molecule has 0 aliphatic carbocycles. The molecule has 0 unspecified atom stereocenters. The Hall–Kier alpha value is -3.32. The molecule has 1 aliphatic rings. The number of hydrogen-bond acceptors (Lipinski definition) is 4. The smallest absolute Gasteiger partial charge is 0.264 e. The van der Waals surface area contributed by atoms with E-state index in [0.717, 1.165) is 12.0 Å². The van der Waals surface area contributed by atoms with Crippen LogP contribution < -0.4 is 14.4 Å². The molecule has 1 amide bonds. The summed E-state index contributed by atoms with van der Waals surface area (Å²) >= 11 is 0. The van der Waals surface area contributed by atoms with Crippen LogP contribution in [-0.4, -0.2) is 28.0 Å². The van der Waals surface area contributed by atoms with Crippen LogP contribution >= 0.6 is 0 Å². The molecule has 3 aromatic rings. The lowest BCUT2D eigenvalue weighted by Crippen LogP contribution is -2.35. The molecular formula is C23H22N2O4S. The average molecular weight is 423 g/mol. The Morgan fingerprint density at radius 2 is 1.73 bits per heavy atom. The van der Waals surface area contributed by atoms with Crippen molar-refractivity contribution in [2.75, 3.05) is 23.3 Å². The number of aryl methyl sites for hydroxylation is 1. The minimum atomic E-state index is -3.63. The highest BCUT2D eigenvalue weighted by molar-refractivity contribution is 7.92. The molecule has 154 valence electrons. The Labute approximate surface area is 176 Å². The monoisotopic (exact) mass is 422 g/mol. The zero-order valence-corrected chi connectivity index (χ0v) is 17.4. The maximum atomic E-state index is 13.1. The standard InChI is InChI=1S/C23H22N2O4S/c1-29-22-12-6-5-11-20(22)23(26)24-18-13-14-21-17(16-18)8-7-15-25(21)30(27,28)19-9-3-2-4-10-19/h2-6,9-14,16H,7-8,15H2,1H3,(H,24,26). The first-order valence-corrected chi connectivity index (χ1v) is 11.1. The molecule has 0 atom stereocenters. The Bertz CT molecular complexity index is 1180. The van der Waals surface area contributed by atoms with Crippen LogP contribution in [0.3, 0.4) is 0 Å². The second kappa shape index (κ2) is 8.20. The van der Waals surface area contributed by atoms with E-state index in [-0.39, 0.29) is 10.8 Å². The molecule has 0 radical (unpaired) electrons. The summed E-state index contributed by atoms with van der Waals surface area (Å²) in [7, 11) is -2.11. The molecule has 6 nitrogen and oxygen atoms in total. The van der Waals surface area contributed by atoms with Gasteiger partial charge in [0.1, 0.15) is 5.75 Å². The quantitative estimate of drug-likeness (QED) is 0.672. The number of amides is 1. The van der Waals surface area contributed by atoms with Crippen LogP contribution in [0, 0.1) is 0 Å². The molecule has 0 saturated heterocycles. The van der Waals surface area contributed by atoms with Gasteiger partial charge in [-0.25, -0.2) is 8.42 Å². The third kappa shape index (κ3) is 3.76. The van der Waals surface area contributed by atoms with Crippen molar-refractivity contribution < 1.29 is 17.9 Å². The summed E-state index contributed by atoms with van der Waals surface area (Å²) < 4.78 is 32.9. The SMILES string of the molecule is COc1ccccc1C(=O)Nc1ccc2c(c1)CCCN2S(=O)(=O)c1ccccc1. The topological polar surface area (TPSA) is 75.7 Å². The van der Waals surface area contributed by atoms with Gasteiger partial charge < -0.3 is 10.1 Å². The fraction of sp³-hybridized carbons (Fsp3) is 0.174. The fourth-order valence-electron chi connectivity index (χ4n) is 3.64. The lowest BCUT2D eigenvalue weighted by molar-refractivity contribution is 0.102. The van der Waals surface area contributed by atoms with Gasteiger partial charge >= 0.3 is 0 Å². The van der Waals surface area contributed by atoms with Crippen molar-refractivity contribution in [2.24, 2.45) is 0 Å². The molecule has 3 aromatic carbocycles. The van der Waals surface area contributed by atoms with Crippen molar-refractivity contribution in [3.8, 4) is 5.75 Å². The number of rotatable bonds is 5. The van der Waals surface area contributed by atoms with E-state index in [4.69, 9.17) is 4.74 Å². The lowest BCUT2D eigenvalue weighted by atomic mass is 10.0. The molecule has 0 aromatic heterocycles. The van der Waals surface area contributed by atoms with Crippen molar-refractivity contribution in [1.82, 2.24) is 0 Å². The highest BCUT2D eigenvalue weighted by atomic mass is 32.2. The summed E-state index contributed by atoms with van der Waals surface area (Å²) in [6.45, 7) is 0.428. The Morgan fingerprint density at radius 1 is 1.00 bits per heavy atom. The van der Waals surface area contributed by atoms with E-state index in [1.807, 2.05) is 6.07 Å². The van der Waals surface area contributed by atoms with Gasteiger partial charge in [-0.2, -0.15) is 0 Å². The summed E-state index contributed by atoms with van der Waals surface area (Å²) in [5, 5.41) is 2.88. The Morgan fingerprint density at radius 3 is 2.50 bits per heavy atom. The zero-order chi connectivity index (χ0) is 21.1. The Balaban J connectivity index is 1.62. The number of ether oxygens (including phenoxy) is 1. The molecule has 0 fully saturated rings. The van der Waals surface area contributed by atoms with Gasteiger partial charge in [0.2, 0.25) is 0 Å². The van der Waals surface area contributed by atoms with Crippen LogP contribution in [0.4, 0.5) is 11.4 Å². The summed E-state index contributed by atoms with van der Waals surface area (Å²) in [5.41, 5.74) is 2.59. The number of fused-ring (bicyclic) bond motifs is 1. The molecule has 1 N–H and O–H groups in total. The number of para-hydroxylation sites is 1. The number of anilines is 2. The van der Waals surface area contributed by atoms with Crippen LogP contribution in [0.5, 0.6) is 5.75 Å². The third-order valence-corrected chi connectivity index (χ3v) is 6.92. The van der Waals surface area contributed by atoms with Gasteiger partial charge in [-0.1, -0.05) is 30.3 Å². The number of benzene rings is 3. The fourth-order valence-corrected chi connectivity index (χ4v) is 5.20. The van der Waals surface area contributed by atoms with Crippen LogP contribution in [-0.2, 0) is 16.4 Å². The first-order valence-electron chi connectivity index (χ1n) is 9.66. The molecule has 0 spiro atoms. The summed E-state index contributed by atoms with van der Waals surface area (Å²) in [6.07, 6.45) is 1.46. The van der Waals surface area contributed by atoms with E-state index >= 15 is 0 Å². The average Bonchev–Trinajstić information content (AvgIpc) is 2.79. The predicted octanol–water partition coefficient (Wildman–Crippen LogP) is 4.09. The first kappa shape index (κ1) is 20.0. The second-order valence-corrected chi connectivity index (χ2v) is 8.85. The van der Waals surface area contributed by atoms with Crippen LogP contribution in [0.2, 0.25) is 0 Å².